The number of hydrogen-bond acceptors (Lipinski definition) is 6. The molecule has 0 aliphatic carbocycles. The summed E-state index contributed by atoms with van der Waals surface area (Å²) in [4.78, 5) is 0. The minimum absolute atomic E-state index is 0.0789. The fourth-order valence-corrected chi connectivity index (χ4v) is 2.13. The first-order chi connectivity index (χ1) is 10.3. The molecular weight excluding hydrogens is 288 g/mol. The molecule has 1 N–H and O–H groups in total. The van der Waals surface area contributed by atoms with Gasteiger partial charge in [-0.15, -0.1) is 10.2 Å². The smallest absolute Gasteiger partial charge is 0.276 e. The van der Waals surface area contributed by atoms with Gasteiger partial charge in [0.1, 0.15) is 5.75 Å². The predicted octanol–water partition coefficient (Wildman–Crippen LogP) is 2.28. The van der Waals surface area contributed by atoms with Gasteiger partial charge in [0, 0.05) is 24.7 Å². The summed E-state index contributed by atoms with van der Waals surface area (Å²) in [5.41, 5.74) is 0.876. The number of benzene rings is 1. The van der Waals surface area contributed by atoms with Crippen molar-refractivity contribution in [3.05, 3.63) is 35.7 Å². The third-order valence-corrected chi connectivity index (χ3v) is 3.17. The van der Waals surface area contributed by atoms with Gasteiger partial charge in [0.05, 0.1) is 13.2 Å². The molecule has 0 aliphatic heterocycles. The number of ether oxygens (including phenoxy) is 1. The van der Waals surface area contributed by atoms with E-state index in [9.17, 15) is 0 Å². The van der Waals surface area contributed by atoms with Crippen molar-refractivity contribution in [3.8, 4) is 17.6 Å². The summed E-state index contributed by atoms with van der Waals surface area (Å²) < 4.78 is 10.9. The summed E-state index contributed by atoms with van der Waals surface area (Å²) >= 11 is 1.46. The molecule has 0 amide bonds. The fourth-order valence-electron chi connectivity index (χ4n) is 1.51. The van der Waals surface area contributed by atoms with Crippen molar-refractivity contribution < 1.29 is 14.3 Å². The van der Waals surface area contributed by atoms with Crippen molar-refractivity contribution in [2.24, 2.45) is 0 Å². The number of aliphatic hydroxyl groups excluding tert-OH is 1. The van der Waals surface area contributed by atoms with Crippen molar-refractivity contribution in [2.75, 3.05) is 19.0 Å². The van der Waals surface area contributed by atoms with Gasteiger partial charge >= 0.3 is 0 Å². The Hall–Kier alpha value is -1.97. The molecule has 1 heterocycles. The second-order valence-electron chi connectivity index (χ2n) is 4.09. The van der Waals surface area contributed by atoms with Gasteiger partial charge in [0.25, 0.3) is 5.22 Å². The molecule has 2 rings (SSSR count). The van der Waals surface area contributed by atoms with Crippen LogP contribution in [-0.2, 0) is 0 Å². The molecule has 0 atom stereocenters. The number of nitrogens with zero attached hydrogens (tertiary/aromatic N) is 2. The molecule has 0 radical (unpaired) electrons. The Labute approximate surface area is 127 Å². The highest BCUT2D eigenvalue weighted by Crippen LogP contribution is 2.17. The monoisotopic (exact) mass is 304 g/mol. The number of aromatic nitrogens is 2. The Kier molecular flexibility index (Phi) is 6.13. The van der Waals surface area contributed by atoms with Crippen LogP contribution in [0.2, 0.25) is 0 Å². The highest BCUT2D eigenvalue weighted by molar-refractivity contribution is 7.99. The number of rotatable bonds is 6. The standard InChI is InChI=1S/C15H16N2O3S/c1-12-16-17-15(20-12)21-10-9-19-14-7-4-6-13(11-14)5-2-3-8-18/h4,6-7,11,18H,3,8-10H2,1H3. The first-order valence-corrected chi connectivity index (χ1v) is 7.52. The first-order valence-electron chi connectivity index (χ1n) is 6.53. The van der Waals surface area contributed by atoms with Crippen LogP contribution in [0.25, 0.3) is 0 Å². The van der Waals surface area contributed by atoms with Crippen LogP contribution >= 0.6 is 11.8 Å². The summed E-state index contributed by atoms with van der Waals surface area (Å²) in [6.45, 7) is 2.38. The zero-order chi connectivity index (χ0) is 14.9. The quantitative estimate of drug-likeness (QED) is 0.502. The van der Waals surface area contributed by atoms with Crippen LogP contribution in [0, 0.1) is 18.8 Å². The molecule has 0 bridgehead atoms. The molecule has 0 aliphatic rings. The topological polar surface area (TPSA) is 68.4 Å². The normalized spacial score (nSPS) is 10.0. The van der Waals surface area contributed by atoms with Crippen LogP contribution in [-0.4, -0.2) is 34.3 Å². The molecular formula is C15H16N2O3S. The van der Waals surface area contributed by atoms with Gasteiger partial charge < -0.3 is 14.3 Å². The van der Waals surface area contributed by atoms with Crippen molar-refractivity contribution in [1.82, 2.24) is 10.2 Å². The lowest BCUT2D eigenvalue weighted by atomic mass is 10.2. The zero-order valence-electron chi connectivity index (χ0n) is 11.7. The molecule has 0 fully saturated rings. The molecule has 2 aromatic rings. The Balaban J connectivity index is 1.78. The lowest BCUT2D eigenvalue weighted by Crippen LogP contribution is -2.00. The van der Waals surface area contributed by atoms with Gasteiger partial charge in [-0.05, 0) is 18.2 Å². The number of aliphatic hydroxyl groups is 1. The summed E-state index contributed by atoms with van der Waals surface area (Å²) in [5, 5.41) is 16.9. The van der Waals surface area contributed by atoms with Crippen molar-refractivity contribution in [2.45, 2.75) is 18.6 Å². The maximum Gasteiger partial charge on any atom is 0.276 e. The Morgan fingerprint density at radius 1 is 1.38 bits per heavy atom. The van der Waals surface area contributed by atoms with Gasteiger partial charge in [0.2, 0.25) is 5.89 Å². The SMILES string of the molecule is Cc1nnc(SCCOc2cccc(C#CCCO)c2)o1. The van der Waals surface area contributed by atoms with E-state index in [1.165, 1.54) is 11.8 Å². The van der Waals surface area contributed by atoms with Crippen molar-refractivity contribution in [3.63, 3.8) is 0 Å². The van der Waals surface area contributed by atoms with Gasteiger partial charge in [-0.3, -0.25) is 0 Å². The van der Waals surface area contributed by atoms with Crippen molar-refractivity contribution >= 4 is 11.8 Å². The third-order valence-electron chi connectivity index (χ3n) is 2.39. The summed E-state index contributed by atoms with van der Waals surface area (Å²) in [6.07, 6.45) is 0.478. The molecule has 0 saturated heterocycles. The minimum atomic E-state index is 0.0789. The largest absolute Gasteiger partial charge is 0.493 e. The molecule has 0 unspecified atom stereocenters. The number of aryl methyl sites for hydroxylation is 1. The lowest BCUT2D eigenvalue weighted by molar-refractivity contribution is 0.305. The van der Waals surface area contributed by atoms with Crippen LogP contribution in [0.1, 0.15) is 17.9 Å². The van der Waals surface area contributed by atoms with E-state index in [4.69, 9.17) is 14.3 Å². The van der Waals surface area contributed by atoms with Crippen LogP contribution in [0.15, 0.2) is 33.9 Å². The van der Waals surface area contributed by atoms with Gasteiger partial charge in [-0.1, -0.05) is 29.7 Å². The van der Waals surface area contributed by atoms with E-state index in [0.29, 0.717) is 24.1 Å². The first kappa shape index (κ1) is 15.4. The number of hydrogen-bond donors (Lipinski definition) is 1. The average Bonchev–Trinajstić information content (AvgIpc) is 2.90. The van der Waals surface area contributed by atoms with E-state index in [1.807, 2.05) is 24.3 Å². The van der Waals surface area contributed by atoms with E-state index in [0.717, 1.165) is 17.1 Å². The highest BCUT2D eigenvalue weighted by Gasteiger charge is 2.02. The minimum Gasteiger partial charge on any atom is -0.493 e. The van der Waals surface area contributed by atoms with Crippen LogP contribution in [0.3, 0.4) is 0 Å². The van der Waals surface area contributed by atoms with Crippen molar-refractivity contribution in [1.29, 1.82) is 0 Å². The molecule has 6 heteroatoms. The molecule has 1 aromatic carbocycles. The maximum absolute atomic E-state index is 8.69. The predicted molar refractivity (Wildman–Crippen MR) is 80.3 cm³/mol. The van der Waals surface area contributed by atoms with E-state index in [1.54, 1.807) is 6.92 Å². The van der Waals surface area contributed by atoms with E-state index < -0.39 is 0 Å². The average molecular weight is 304 g/mol. The summed E-state index contributed by atoms with van der Waals surface area (Å²) in [5.74, 6) is 7.92. The molecule has 1 aromatic heterocycles. The second-order valence-corrected chi connectivity index (χ2v) is 5.13. The highest BCUT2D eigenvalue weighted by atomic mass is 32.2. The summed E-state index contributed by atoms with van der Waals surface area (Å²) in [6, 6.07) is 7.57. The lowest BCUT2D eigenvalue weighted by Gasteiger charge is -2.05. The second kappa shape index (κ2) is 8.35. The molecule has 110 valence electrons. The molecule has 0 saturated carbocycles. The maximum atomic E-state index is 8.69. The third kappa shape index (κ3) is 5.50. The van der Waals surface area contributed by atoms with E-state index >= 15 is 0 Å². The van der Waals surface area contributed by atoms with Crippen LogP contribution in [0.4, 0.5) is 0 Å². The molecule has 21 heavy (non-hydrogen) atoms. The molecule has 5 nitrogen and oxygen atoms in total. The Morgan fingerprint density at radius 3 is 3.05 bits per heavy atom. The Morgan fingerprint density at radius 2 is 2.29 bits per heavy atom. The van der Waals surface area contributed by atoms with Gasteiger partial charge in [-0.25, -0.2) is 0 Å². The summed E-state index contributed by atoms with van der Waals surface area (Å²) in [7, 11) is 0. The Bertz CT molecular complexity index is 631. The van der Waals surface area contributed by atoms with Crippen LogP contribution in [0.5, 0.6) is 5.75 Å². The van der Waals surface area contributed by atoms with Gasteiger partial charge in [0.15, 0.2) is 0 Å². The number of thioether (sulfide) groups is 1. The molecule has 0 spiro atoms. The zero-order valence-corrected chi connectivity index (χ0v) is 12.5. The van der Waals surface area contributed by atoms with Crippen LogP contribution < -0.4 is 4.74 Å². The fraction of sp³-hybridized carbons (Fsp3) is 0.333. The van der Waals surface area contributed by atoms with E-state index in [2.05, 4.69) is 22.0 Å². The van der Waals surface area contributed by atoms with E-state index in [-0.39, 0.29) is 6.61 Å². The van der Waals surface area contributed by atoms with Gasteiger partial charge in [-0.2, -0.15) is 0 Å².